The molecule has 0 aliphatic heterocycles. The first-order chi connectivity index (χ1) is 26.8. The molecule has 5 heterocycles. The number of hydrogen-bond acceptors (Lipinski definition) is 4. The Balaban J connectivity index is 1.12. The molecule has 0 fully saturated rings. The van der Waals surface area contributed by atoms with Crippen molar-refractivity contribution in [2.24, 2.45) is 0 Å². The van der Waals surface area contributed by atoms with Crippen molar-refractivity contribution in [3.63, 3.8) is 0 Å². The number of para-hydroxylation sites is 6. The average Bonchev–Trinajstić information content (AvgIpc) is 3.97. The zero-order valence-corrected chi connectivity index (χ0v) is 28.7. The fraction of sp³-hybridized carbons (Fsp3) is 0. The predicted octanol–water partition coefficient (Wildman–Crippen LogP) is 10.5. The fourth-order valence-corrected chi connectivity index (χ4v) is 8.17. The monoisotopic (exact) mass is 692 g/mol. The van der Waals surface area contributed by atoms with E-state index >= 15 is 0 Å². The Morgan fingerprint density at radius 1 is 0.333 bits per heavy atom. The Morgan fingerprint density at radius 3 is 1.50 bits per heavy atom. The Morgan fingerprint density at radius 2 is 0.852 bits per heavy atom. The summed E-state index contributed by atoms with van der Waals surface area (Å²) in [6.07, 6.45) is 0. The zero-order chi connectivity index (χ0) is 35.3. The molecule has 8 nitrogen and oxygen atoms in total. The van der Waals surface area contributed by atoms with Crippen molar-refractivity contribution in [2.45, 2.75) is 0 Å². The SMILES string of the molecule is c1ccc(-c2nc(-n3c4ccc(-c5ccc6c(c5)n5c7ccccc7nc5n6-c5ccccc5)cc4n4c5ccccc5nc34)nc3ccccc23)cc1. The highest BCUT2D eigenvalue weighted by atomic mass is 15.3. The Kier molecular flexibility index (Phi) is 5.90. The maximum absolute atomic E-state index is 5.26. The summed E-state index contributed by atoms with van der Waals surface area (Å²) in [5.41, 5.74) is 14.2. The van der Waals surface area contributed by atoms with Crippen molar-refractivity contribution in [3.05, 3.63) is 170 Å². The van der Waals surface area contributed by atoms with Gasteiger partial charge in [0.2, 0.25) is 17.5 Å². The van der Waals surface area contributed by atoms with Gasteiger partial charge in [0.1, 0.15) is 0 Å². The quantitative estimate of drug-likeness (QED) is 0.184. The van der Waals surface area contributed by atoms with Crippen LogP contribution in [0.15, 0.2) is 170 Å². The molecule has 8 heteroatoms. The summed E-state index contributed by atoms with van der Waals surface area (Å²) in [5, 5.41) is 1.01. The number of aromatic nitrogens is 8. The lowest BCUT2D eigenvalue weighted by Crippen LogP contribution is -2.04. The van der Waals surface area contributed by atoms with Crippen molar-refractivity contribution in [3.8, 4) is 34.0 Å². The molecule has 0 saturated heterocycles. The summed E-state index contributed by atoms with van der Waals surface area (Å²) in [4.78, 5) is 20.7. The first-order valence-corrected chi connectivity index (χ1v) is 18.0. The van der Waals surface area contributed by atoms with Gasteiger partial charge in [0.05, 0.1) is 55.3 Å². The molecule has 0 radical (unpaired) electrons. The van der Waals surface area contributed by atoms with E-state index in [0.717, 1.165) is 94.7 Å². The van der Waals surface area contributed by atoms with Crippen LogP contribution in [0.3, 0.4) is 0 Å². The van der Waals surface area contributed by atoms with Gasteiger partial charge >= 0.3 is 0 Å². The van der Waals surface area contributed by atoms with Crippen LogP contribution < -0.4 is 0 Å². The molecule has 252 valence electrons. The minimum Gasteiger partial charge on any atom is -0.278 e. The van der Waals surface area contributed by atoms with E-state index in [4.69, 9.17) is 19.9 Å². The smallest absolute Gasteiger partial charge is 0.238 e. The van der Waals surface area contributed by atoms with Gasteiger partial charge in [0, 0.05) is 16.6 Å². The summed E-state index contributed by atoms with van der Waals surface area (Å²) in [7, 11) is 0. The summed E-state index contributed by atoms with van der Waals surface area (Å²) >= 11 is 0. The molecule has 0 aliphatic carbocycles. The van der Waals surface area contributed by atoms with E-state index in [0.29, 0.717) is 5.95 Å². The van der Waals surface area contributed by atoms with Crippen LogP contribution in [0, 0.1) is 0 Å². The number of benzene rings is 7. The molecule has 0 saturated carbocycles. The third-order valence-electron chi connectivity index (χ3n) is 10.6. The molecule has 0 amide bonds. The number of imidazole rings is 4. The molecular formula is C46H28N8. The highest BCUT2D eigenvalue weighted by Crippen LogP contribution is 2.36. The lowest BCUT2D eigenvalue weighted by atomic mass is 10.0. The van der Waals surface area contributed by atoms with E-state index < -0.39 is 0 Å². The van der Waals surface area contributed by atoms with Gasteiger partial charge in [0.25, 0.3) is 0 Å². The number of rotatable bonds is 4. The molecule has 7 aromatic carbocycles. The number of hydrogen-bond donors (Lipinski definition) is 0. The molecule has 0 N–H and O–H groups in total. The molecule has 0 unspecified atom stereocenters. The minimum absolute atomic E-state index is 0.577. The number of nitrogens with zero attached hydrogens (tertiary/aromatic N) is 8. The second kappa shape index (κ2) is 11.0. The van der Waals surface area contributed by atoms with Gasteiger partial charge in [-0.1, -0.05) is 103 Å². The summed E-state index contributed by atoms with van der Waals surface area (Å²) in [6, 6.07) is 59.0. The molecule has 0 aliphatic rings. The zero-order valence-electron chi connectivity index (χ0n) is 28.7. The third kappa shape index (κ3) is 4.07. The van der Waals surface area contributed by atoms with E-state index in [1.807, 2.05) is 48.5 Å². The van der Waals surface area contributed by atoms with Crippen molar-refractivity contribution < 1.29 is 0 Å². The topological polar surface area (TPSA) is 70.2 Å². The Labute approximate surface area is 307 Å². The van der Waals surface area contributed by atoms with Crippen molar-refractivity contribution in [1.29, 1.82) is 0 Å². The van der Waals surface area contributed by atoms with Gasteiger partial charge < -0.3 is 0 Å². The predicted molar refractivity (Wildman–Crippen MR) is 217 cm³/mol. The second-order valence-corrected chi connectivity index (χ2v) is 13.6. The molecule has 12 rings (SSSR count). The summed E-state index contributed by atoms with van der Waals surface area (Å²) < 4.78 is 8.86. The van der Waals surface area contributed by atoms with Crippen molar-refractivity contribution in [1.82, 2.24) is 37.9 Å². The van der Waals surface area contributed by atoms with Crippen molar-refractivity contribution in [2.75, 3.05) is 0 Å². The normalized spacial score (nSPS) is 12.1. The van der Waals surface area contributed by atoms with Crippen LogP contribution in [0.2, 0.25) is 0 Å². The standard InChI is InChI=1S/C46H28N8/c1-3-13-29(14-4-1)43-33-17-7-8-18-34(33)47-44(50-43)54-40-26-24-31(28-42(40)53-38-22-12-10-20-36(38)49-46(53)54)30-23-25-39-41(27-30)52-37-21-11-9-19-35(37)48-45(52)51(39)32-15-5-2-6-16-32/h1-28H. The largest absolute Gasteiger partial charge is 0.278 e. The Bertz CT molecular complexity index is 3440. The van der Waals surface area contributed by atoms with Crippen molar-refractivity contribution >= 4 is 66.6 Å². The number of fused-ring (bicyclic) bond motifs is 11. The minimum atomic E-state index is 0.577. The first-order valence-electron chi connectivity index (χ1n) is 18.0. The van der Waals surface area contributed by atoms with E-state index in [-0.39, 0.29) is 0 Å². The van der Waals surface area contributed by atoms with E-state index in [1.54, 1.807) is 0 Å². The molecule has 12 aromatic rings. The lowest BCUT2D eigenvalue weighted by molar-refractivity contribution is 0.986. The van der Waals surface area contributed by atoms with Crippen LogP contribution in [0.25, 0.3) is 101 Å². The van der Waals surface area contributed by atoms with Crippen LogP contribution in [-0.4, -0.2) is 37.9 Å². The average molecular weight is 693 g/mol. The molecule has 0 atom stereocenters. The summed E-state index contributed by atoms with van der Waals surface area (Å²) in [5.74, 6) is 2.23. The van der Waals surface area contributed by atoms with E-state index in [1.165, 1.54) is 0 Å². The van der Waals surface area contributed by atoms with Crippen LogP contribution in [0.1, 0.15) is 0 Å². The second-order valence-electron chi connectivity index (χ2n) is 13.6. The van der Waals surface area contributed by atoms with Gasteiger partial charge in [-0.2, -0.15) is 0 Å². The van der Waals surface area contributed by atoms with Crippen LogP contribution in [0.5, 0.6) is 0 Å². The maximum Gasteiger partial charge on any atom is 0.238 e. The molecule has 5 aromatic heterocycles. The van der Waals surface area contributed by atoms with Gasteiger partial charge in [-0.15, -0.1) is 0 Å². The van der Waals surface area contributed by atoms with Gasteiger partial charge in [0.15, 0.2) is 0 Å². The van der Waals surface area contributed by atoms with E-state index in [9.17, 15) is 0 Å². The van der Waals surface area contributed by atoms with Gasteiger partial charge in [-0.05, 0) is 77.9 Å². The van der Waals surface area contributed by atoms with Crippen LogP contribution in [0.4, 0.5) is 0 Å². The highest BCUT2D eigenvalue weighted by Gasteiger charge is 2.22. The Hall–Kier alpha value is -7.58. The highest BCUT2D eigenvalue weighted by molar-refractivity contribution is 5.98. The molecule has 0 spiro atoms. The van der Waals surface area contributed by atoms with E-state index in [2.05, 4.69) is 139 Å². The molecule has 54 heavy (non-hydrogen) atoms. The molecule has 0 bridgehead atoms. The maximum atomic E-state index is 5.26. The van der Waals surface area contributed by atoms with Gasteiger partial charge in [-0.3, -0.25) is 13.4 Å². The first kappa shape index (κ1) is 29.0. The fourth-order valence-electron chi connectivity index (χ4n) is 8.17. The van der Waals surface area contributed by atoms with Crippen LogP contribution >= 0.6 is 0 Å². The summed E-state index contributed by atoms with van der Waals surface area (Å²) in [6.45, 7) is 0. The molecular weight excluding hydrogens is 665 g/mol. The third-order valence-corrected chi connectivity index (χ3v) is 10.6. The lowest BCUT2D eigenvalue weighted by Gasteiger charge is -2.11. The van der Waals surface area contributed by atoms with Crippen LogP contribution in [-0.2, 0) is 0 Å². The van der Waals surface area contributed by atoms with Gasteiger partial charge in [-0.25, -0.2) is 24.5 Å².